The predicted molar refractivity (Wildman–Crippen MR) is 112 cm³/mol. The molecule has 0 saturated heterocycles. The molecule has 0 N–H and O–H groups in total. The molecule has 1 aliphatic rings. The van der Waals surface area contributed by atoms with E-state index in [4.69, 9.17) is 16.3 Å². The van der Waals surface area contributed by atoms with Crippen LogP contribution in [0.5, 0.6) is 5.75 Å². The molecule has 150 valence electrons. The number of ether oxygens (including phenoxy) is 1. The summed E-state index contributed by atoms with van der Waals surface area (Å²) in [6.45, 7) is 2.35. The SMILES string of the molecule is COc1ccc([N+](=O)[O-])cc1CN1CCCn2cccc2[C@H]1c1ccc(Cl)cc1. The van der Waals surface area contributed by atoms with E-state index in [0.29, 0.717) is 17.3 Å². The number of nitrogens with zero attached hydrogens (tertiary/aromatic N) is 3. The predicted octanol–water partition coefficient (Wildman–Crippen LogP) is 5.05. The Morgan fingerprint density at radius 2 is 1.97 bits per heavy atom. The number of halogens is 1. The van der Waals surface area contributed by atoms with Crippen LogP contribution in [0.3, 0.4) is 0 Å². The van der Waals surface area contributed by atoms with E-state index < -0.39 is 0 Å². The van der Waals surface area contributed by atoms with Crippen molar-refractivity contribution in [2.24, 2.45) is 0 Å². The molecule has 29 heavy (non-hydrogen) atoms. The minimum atomic E-state index is -0.368. The van der Waals surface area contributed by atoms with Crippen molar-refractivity contribution in [3.8, 4) is 5.75 Å². The van der Waals surface area contributed by atoms with Crippen LogP contribution >= 0.6 is 11.6 Å². The number of fused-ring (bicyclic) bond motifs is 1. The number of non-ortho nitro benzene ring substituents is 1. The molecular formula is C22H22ClN3O3. The van der Waals surface area contributed by atoms with Gasteiger partial charge in [0.25, 0.3) is 5.69 Å². The van der Waals surface area contributed by atoms with Crippen LogP contribution in [0.25, 0.3) is 0 Å². The van der Waals surface area contributed by atoms with E-state index in [-0.39, 0.29) is 16.7 Å². The molecule has 0 amide bonds. The van der Waals surface area contributed by atoms with E-state index in [9.17, 15) is 10.1 Å². The van der Waals surface area contributed by atoms with Crippen LogP contribution < -0.4 is 4.74 Å². The summed E-state index contributed by atoms with van der Waals surface area (Å²) in [7, 11) is 1.59. The maximum absolute atomic E-state index is 11.3. The summed E-state index contributed by atoms with van der Waals surface area (Å²) in [5.41, 5.74) is 3.22. The van der Waals surface area contributed by atoms with Crippen molar-refractivity contribution in [3.63, 3.8) is 0 Å². The first-order chi connectivity index (χ1) is 14.1. The summed E-state index contributed by atoms with van der Waals surface area (Å²) in [5, 5.41) is 12.0. The van der Waals surface area contributed by atoms with Crippen molar-refractivity contribution in [3.05, 3.63) is 92.8 Å². The highest BCUT2D eigenvalue weighted by molar-refractivity contribution is 6.30. The van der Waals surface area contributed by atoms with Gasteiger partial charge in [0.1, 0.15) is 5.75 Å². The standard InChI is InChI=1S/C22H22ClN3O3/c1-29-21-10-9-19(26(27)28)14-17(21)15-25-13-3-12-24-11-2-4-20(24)22(25)16-5-7-18(23)8-6-16/h2,4-11,14,22H,3,12-13,15H2,1H3/t22-/m1/s1. The number of aryl methyl sites for hydroxylation is 1. The minimum Gasteiger partial charge on any atom is -0.496 e. The quantitative estimate of drug-likeness (QED) is 0.435. The molecule has 0 unspecified atom stereocenters. The Hall–Kier alpha value is -2.83. The van der Waals surface area contributed by atoms with Crippen molar-refractivity contribution in [2.75, 3.05) is 13.7 Å². The van der Waals surface area contributed by atoms with Crippen molar-refractivity contribution in [1.82, 2.24) is 9.47 Å². The Balaban J connectivity index is 1.76. The lowest BCUT2D eigenvalue weighted by Crippen LogP contribution is -2.29. The Labute approximate surface area is 174 Å². The Bertz CT molecular complexity index is 1020. The molecule has 2 aromatic carbocycles. The van der Waals surface area contributed by atoms with Gasteiger partial charge in [-0.2, -0.15) is 0 Å². The molecule has 3 aromatic rings. The van der Waals surface area contributed by atoms with Crippen LogP contribution in [0.1, 0.15) is 29.3 Å². The molecule has 0 bridgehead atoms. The topological polar surface area (TPSA) is 60.5 Å². The fourth-order valence-electron chi connectivity index (χ4n) is 4.06. The Morgan fingerprint density at radius 1 is 1.17 bits per heavy atom. The highest BCUT2D eigenvalue weighted by Crippen LogP contribution is 2.35. The van der Waals surface area contributed by atoms with E-state index in [0.717, 1.165) is 30.6 Å². The molecule has 6 nitrogen and oxygen atoms in total. The lowest BCUT2D eigenvalue weighted by Gasteiger charge is -2.31. The van der Waals surface area contributed by atoms with E-state index in [2.05, 4.69) is 27.8 Å². The van der Waals surface area contributed by atoms with E-state index in [1.54, 1.807) is 19.2 Å². The second-order valence-electron chi connectivity index (χ2n) is 7.16. The van der Waals surface area contributed by atoms with Crippen LogP contribution in [0.4, 0.5) is 5.69 Å². The Morgan fingerprint density at radius 3 is 2.69 bits per heavy atom. The van der Waals surface area contributed by atoms with Gasteiger partial charge in [0.05, 0.1) is 18.1 Å². The van der Waals surface area contributed by atoms with Crippen molar-refractivity contribution in [1.29, 1.82) is 0 Å². The summed E-state index contributed by atoms with van der Waals surface area (Å²) >= 11 is 6.12. The smallest absolute Gasteiger partial charge is 0.270 e. The summed E-state index contributed by atoms with van der Waals surface area (Å²) < 4.78 is 7.77. The fraction of sp³-hybridized carbons (Fsp3) is 0.273. The zero-order valence-electron chi connectivity index (χ0n) is 16.1. The third-order valence-corrected chi connectivity index (χ3v) is 5.64. The van der Waals surface area contributed by atoms with Gasteiger partial charge in [0.2, 0.25) is 0 Å². The second-order valence-corrected chi connectivity index (χ2v) is 7.59. The molecule has 7 heteroatoms. The van der Waals surface area contributed by atoms with Gasteiger partial charge in [-0.15, -0.1) is 0 Å². The van der Waals surface area contributed by atoms with Gasteiger partial charge in [0, 0.05) is 54.2 Å². The van der Waals surface area contributed by atoms with E-state index in [1.807, 2.05) is 24.3 Å². The normalized spacial score (nSPS) is 16.8. The molecule has 1 aliphatic heterocycles. The third kappa shape index (κ3) is 3.99. The fourth-order valence-corrected chi connectivity index (χ4v) is 4.18. The van der Waals surface area contributed by atoms with Gasteiger partial charge in [-0.05, 0) is 42.3 Å². The maximum Gasteiger partial charge on any atom is 0.270 e. The number of hydrogen-bond donors (Lipinski definition) is 0. The van der Waals surface area contributed by atoms with Crippen molar-refractivity contribution >= 4 is 17.3 Å². The van der Waals surface area contributed by atoms with Crippen LogP contribution in [0.15, 0.2) is 60.8 Å². The highest BCUT2D eigenvalue weighted by Gasteiger charge is 2.28. The number of aromatic nitrogens is 1. The van der Waals surface area contributed by atoms with Crippen LogP contribution in [0.2, 0.25) is 5.02 Å². The van der Waals surface area contributed by atoms with Crippen LogP contribution in [-0.4, -0.2) is 28.0 Å². The summed E-state index contributed by atoms with van der Waals surface area (Å²) in [6.07, 6.45) is 3.10. The molecule has 4 rings (SSSR count). The van der Waals surface area contributed by atoms with Gasteiger partial charge in [0.15, 0.2) is 0 Å². The van der Waals surface area contributed by atoms with Crippen molar-refractivity contribution in [2.45, 2.75) is 25.6 Å². The Kier molecular flexibility index (Phi) is 5.56. The summed E-state index contributed by atoms with van der Waals surface area (Å²) in [4.78, 5) is 13.3. The van der Waals surface area contributed by atoms with Gasteiger partial charge >= 0.3 is 0 Å². The lowest BCUT2D eigenvalue weighted by atomic mass is 10.0. The molecule has 0 saturated carbocycles. The van der Waals surface area contributed by atoms with Gasteiger partial charge in [-0.25, -0.2) is 0 Å². The first-order valence-electron chi connectivity index (χ1n) is 9.52. The second kappa shape index (κ2) is 8.27. The van der Waals surface area contributed by atoms with Gasteiger partial charge < -0.3 is 9.30 Å². The maximum atomic E-state index is 11.3. The molecule has 0 fully saturated rings. The van der Waals surface area contributed by atoms with Gasteiger partial charge in [-0.1, -0.05) is 23.7 Å². The monoisotopic (exact) mass is 411 g/mol. The van der Waals surface area contributed by atoms with Crippen LogP contribution in [0, 0.1) is 10.1 Å². The minimum absolute atomic E-state index is 0.0220. The largest absolute Gasteiger partial charge is 0.496 e. The number of hydrogen-bond acceptors (Lipinski definition) is 4. The summed E-state index contributed by atoms with van der Waals surface area (Å²) in [6, 6.07) is 16.9. The molecule has 2 heterocycles. The molecular weight excluding hydrogens is 390 g/mol. The molecule has 0 spiro atoms. The molecule has 1 atom stereocenters. The average molecular weight is 412 g/mol. The molecule has 1 aromatic heterocycles. The zero-order valence-corrected chi connectivity index (χ0v) is 16.9. The number of nitro groups is 1. The average Bonchev–Trinajstić information content (AvgIpc) is 3.10. The lowest BCUT2D eigenvalue weighted by molar-refractivity contribution is -0.385. The number of benzene rings is 2. The van der Waals surface area contributed by atoms with Gasteiger partial charge in [-0.3, -0.25) is 15.0 Å². The first kappa shape index (κ1) is 19.5. The summed E-state index contributed by atoms with van der Waals surface area (Å²) in [5.74, 6) is 0.657. The highest BCUT2D eigenvalue weighted by atomic mass is 35.5. The zero-order chi connectivity index (χ0) is 20.4. The molecule has 0 radical (unpaired) electrons. The third-order valence-electron chi connectivity index (χ3n) is 5.39. The van der Waals surface area contributed by atoms with Crippen LogP contribution in [-0.2, 0) is 13.1 Å². The van der Waals surface area contributed by atoms with Crippen molar-refractivity contribution < 1.29 is 9.66 Å². The van der Waals surface area contributed by atoms with E-state index in [1.165, 1.54) is 11.8 Å². The number of nitro benzene ring substituents is 1. The number of methoxy groups -OCH3 is 1. The molecule has 0 aliphatic carbocycles. The van der Waals surface area contributed by atoms with E-state index >= 15 is 0 Å². The number of rotatable bonds is 5. The first-order valence-corrected chi connectivity index (χ1v) is 9.90.